The molecule has 0 saturated heterocycles. The number of halogens is 1. The lowest BCUT2D eigenvalue weighted by atomic mass is 10.1. The van der Waals surface area contributed by atoms with Gasteiger partial charge in [0.25, 0.3) is 5.91 Å². The summed E-state index contributed by atoms with van der Waals surface area (Å²) in [6, 6.07) is 2.85. The number of nitrogens with two attached hydrogens (primary N) is 1. The zero-order valence-corrected chi connectivity index (χ0v) is 12.9. The molecule has 0 spiro atoms. The third-order valence-electron chi connectivity index (χ3n) is 3.51. The Balaban J connectivity index is 2.42. The predicted molar refractivity (Wildman–Crippen MR) is 76.7 cm³/mol. The summed E-state index contributed by atoms with van der Waals surface area (Å²) in [5.41, 5.74) is -0.202. The predicted octanol–water partition coefficient (Wildman–Crippen LogP) is 1.73. The van der Waals surface area contributed by atoms with Crippen LogP contribution < -0.4 is 5.14 Å². The number of sulfonamides is 1. The van der Waals surface area contributed by atoms with Crippen LogP contribution in [0.5, 0.6) is 0 Å². The highest BCUT2D eigenvalue weighted by molar-refractivity contribution is 7.89. The Morgan fingerprint density at radius 3 is 2.52 bits per heavy atom. The summed E-state index contributed by atoms with van der Waals surface area (Å²) in [6.45, 7) is 4.24. The molecule has 2 rings (SSSR count). The molecular formula is C14H19FN2O3S. The molecule has 1 amide bonds. The lowest BCUT2D eigenvalue weighted by Gasteiger charge is -2.27. The second-order valence-electron chi connectivity index (χ2n) is 5.68. The van der Waals surface area contributed by atoms with Crippen LogP contribution in [0.4, 0.5) is 4.39 Å². The topological polar surface area (TPSA) is 80.5 Å². The van der Waals surface area contributed by atoms with Gasteiger partial charge in [-0.2, -0.15) is 0 Å². The van der Waals surface area contributed by atoms with Crippen molar-refractivity contribution < 1.29 is 17.6 Å². The molecule has 0 aromatic heterocycles. The van der Waals surface area contributed by atoms with Crippen LogP contribution in [-0.2, 0) is 10.0 Å². The van der Waals surface area contributed by atoms with Gasteiger partial charge in [0.05, 0.1) is 10.5 Å². The maximum atomic E-state index is 13.4. The zero-order chi connectivity index (χ0) is 15.8. The first-order valence-corrected chi connectivity index (χ1v) is 8.38. The Labute approximate surface area is 124 Å². The number of carbonyl (C=O) groups excluding carboxylic acids is 1. The normalized spacial score (nSPS) is 15.3. The first-order chi connectivity index (χ1) is 9.70. The Bertz CT molecular complexity index is 654. The summed E-state index contributed by atoms with van der Waals surface area (Å²) in [4.78, 5) is 13.8. The smallest absolute Gasteiger partial charge is 0.255 e. The van der Waals surface area contributed by atoms with Crippen LogP contribution in [0.3, 0.4) is 0 Å². The van der Waals surface area contributed by atoms with E-state index in [2.05, 4.69) is 0 Å². The van der Waals surface area contributed by atoms with Gasteiger partial charge >= 0.3 is 0 Å². The number of hydrogen-bond acceptors (Lipinski definition) is 3. The van der Waals surface area contributed by atoms with Crippen molar-refractivity contribution >= 4 is 15.9 Å². The van der Waals surface area contributed by atoms with Crippen molar-refractivity contribution in [1.82, 2.24) is 4.90 Å². The van der Waals surface area contributed by atoms with Gasteiger partial charge in [0.1, 0.15) is 5.82 Å². The Kier molecular flexibility index (Phi) is 4.34. The summed E-state index contributed by atoms with van der Waals surface area (Å²) in [5.74, 6) is -0.718. The van der Waals surface area contributed by atoms with E-state index >= 15 is 0 Å². The third kappa shape index (κ3) is 3.79. The van der Waals surface area contributed by atoms with Gasteiger partial charge in [0.15, 0.2) is 0 Å². The number of rotatable bonds is 5. The SMILES string of the molecule is CC(C)N(CC1CC1)C(=O)c1cc(F)ccc1S(N)(=O)=O. The maximum Gasteiger partial charge on any atom is 0.255 e. The quantitative estimate of drug-likeness (QED) is 0.899. The molecule has 0 bridgehead atoms. The third-order valence-corrected chi connectivity index (χ3v) is 4.48. The van der Waals surface area contributed by atoms with E-state index in [9.17, 15) is 17.6 Å². The maximum absolute atomic E-state index is 13.4. The summed E-state index contributed by atoms with van der Waals surface area (Å²) in [7, 11) is -4.08. The van der Waals surface area contributed by atoms with Gasteiger partial charge in [0.2, 0.25) is 10.0 Å². The molecule has 0 heterocycles. The minimum Gasteiger partial charge on any atom is -0.336 e. The van der Waals surface area contributed by atoms with Crippen LogP contribution in [0.1, 0.15) is 37.0 Å². The van der Waals surface area contributed by atoms with Crippen molar-refractivity contribution in [3.8, 4) is 0 Å². The molecule has 1 aliphatic rings. The number of amides is 1. The number of hydrogen-bond donors (Lipinski definition) is 1. The molecule has 2 N–H and O–H groups in total. The van der Waals surface area contributed by atoms with Gasteiger partial charge in [-0.3, -0.25) is 4.79 Å². The minimum absolute atomic E-state index is 0.102. The molecule has 7 heteroatoms. The standard InChI is InChI=1S/C14H19FN2O3S/c1-9(2)17(8-10-3-4-10)14(18)12-7-11(15)5-6-13(12)21(16,19)20/h5-7,9-10H,3-4,8H2,1-2H3,(H2,16,19,20). The molecule has 21 heavy (non-hydrogen) atoms. The Morgan fingerprint density at radius 1 is 1.43 bits per heavy atom. The van der Waals surface area contributed by atoms with Gasteiger partial charge in [-0.1, -0.05) is 0 Å². The lowest BCUT2D eigenvalue weighted by Crippen LogP contribution is -2.39. The average molecular weight is 314 g/mol. The fraction of sp³-hybridized carbons (Fsp3) is 0.500. The summed E-state index contributed by atoms with van der Waals surface area (Å²) in [5, 5.41) is 5.11. The minimum atomic E-state index is -4.08. The second-order valence-corrected chi connectivity index (χ2v) is 7.21. The van der Waals surface area contributed by atoms with Crippen LogP contribution in [0.15, 0.2) is 23.1 Å². The van der Waals surface area contributed by atoms with Crippen molar-refractivity contribution in [2.45, 2.75) is 37.6 Å². The van der Waals surface area contributed by atoms with Crippen LogP contribution in [-0.4, -0.2) is 31.8 Å². The van der Waals surface area contributed by atoms with Gasteiger partial charge in [-0.25, -0.2) is 17.9 Å². The fourth-order valence-electron chi connectivity index (χ4n) is 2.18. The van der Waals surface area contributed by atoms with Gasteiger partial charge < -0.3 is 4.90 Å². The molecule has 1 saturated carbocycles. The number of primary sulfonamides is 1. The monoisotopic (exact) mass is 314 g/mol. The molecule has 5 nitrogen and oxygen atoms in total. The van der Waals surface area contributed by atoms with Crippen LogP contribution in [0, 0.1) is 11.7 Å². The summed E-state index contributed by atoms with van der Waals surface area (Å²) >= 11 is 0. The number of carbonyl (C=O) groups is 1. The van der Waals surface area contributed by atoms with Crippen LogP contribution in [0.2, 0.25) is 0 Å². The molecule has 1 aromatic rings. The highest BCUT2D eigenvalue weighted by atomic mass is 32.2. The van der Waals surface area contributed by atoms with Gasteiger partial charge in [-0.05, 0) is 50.8 Å². The lowest BCUT2D eigenvalue weighted by molar-refractivity contribution is 0.0691. The molecule has 1 aliphatic carbocycles. The van der Waals surface area contributed by atoms with Crippen molar-refractivity contribution in [1.29, 1.82) is 0 Å². The van der Waals surface area contributed by atoms with E-state index < -0.39 is 21.7 Å². The molecule has 116 valence electrons. The fourth-order valence-corrected chi connectivity index (χ4v) is 2.89. The Morgan fingerprint density at radius 2 is 2.05 bits per heavy atom. The number of benzene rings is 1. The molecule has 1 fully saturated rings. The van der Waals surface area contributed by atoms with E-state index in [1.54, 1.807) is 4.90 Å². The van der Waals surface area contributed by atoms with Crippen molar-refractivity contribution in [3.05, 3.63) is 29.6 Å². The summed E-state index contributed by atoms with van der Waals surface area (Å²) < 4.78 is 36.6. The van der Waals surface area contributed by atoms with E-state index in [1.165, 1.54) is 0 Å². The van der Waals surface area contributed by atoms with E-state index in [1.807, 2.05) is 13.8 Å². The van der Waals surface area contributed by atoms with E-state index in [0.29, 0.717) is 12.5 Å². The molecular weight excluding hydrogens is 295 g/mol. The second kappa shape index (κ2) is 5.73. The van der Waals surface area contributed by atoms with E-state index in [0.717, 1.165) is 31.0 Å². The molecule has 0 aliphatic heterocycles. The first-order valence-electron chi connectivity index (χ1n) is 6.83. The number of nitrogens with zero attached hydrogens (tertiary/aromatic N) is 1. The molecule has 0 atom stereocenters. The van der Waals surface area contributed by atoms with Gasteiger partial charge in [-0.15, -0.1) is 0 Å². The van der Waals surface area contributed by atoms with E-state index in [-0.39, 0.29) is 16.5 Å². The largest absolute Gasteiger partial charge is 0.336 e. The average Bonchev–Trinajstić information content (AvgIpc) is 3.17. The molecule has 0 unspecified atom stereocenters. The van der Waals surface area contributed by atoms with Crippen LogP contribution >= 0.6 is 0 Å². The van der Waals surface area contributed by atoms with Crippen molar-refractivity contribution in [3.63, 3.8) is 0 Å². The Hall–Kier alpha value is -1.47. The highest BCUT2D eigenvalue weighted by Crippen LogP contribution is 2.31. The molecule has 1 aromatic carbocycles. The van der Waals surface area contributed by atoms with Crippen molar-refractivity contribution in [2.24, 2.45) is 11.1 Å². The van der Waals surface area contributed by atoms with Crippen LogP contribution in [0.25, 0.3) is 0 Å². The first kappa shape index (κ1) is 15.9. The van der Waals surface area contributed by atoms with Gasteiger partial charge in [0, 0.05) is 12.6 Å². The highest BCUT2D eigenvalue weighted by Gasteiger charge is 2.31. The van der Waals surface area contributed by atoms with E-state index in [4.69, 9.17) is 5.14 Å². The zero-order valence-electron chi connectivity index (χ0n) is 12.0. The summed E-state index contributed by atoms with van der Waals surface area (Å²) in [6.07, 6.45) is 2.11. The molecule has 0 radical (unpaired) electrons. The van der Waals surface area contributed by atoms with Crippen molar-refractivity contribution in [2.75, 3.05) is 6.54 Å².